The van der Waals surface area contributed by atoms with E-state index in [2.05, 4.69) is 130 Å². The minimum Gasteiger partial charge on any atom is -0.462 e. The van der Waals surface area contributed by atoms with Gasteiger partial charge in [-0.2, -0.15) is 0 Å². The van der Waals surface area contributed by atoms with Crippen LogP contribution in [-0.2, 0) is 28.6 Å². The molecule has 6 heteroatoms. The largest absolute Gasteiger partial charge is 0.462 e. The van der Waals surface area contributed by atoms with Gasteiger partial charge in [-0.05, 0) is 109 Å². The highest BCUT2D eigenvalue weighted by atomic mass is 16.6. The first-order valence-corrected chi connectivity index (χ1v) is 31.4. The molecule has 0 bridgehead atoms. The average molecular weight is 1040 g/mol. The number of esters is 3. The predicted molar refractivity (Wildman–Crippen MR) is 325 cm³/mol. The summed E-state index contributed by atoms with van der Waals surface area (Å²) in [6.07, 6.45) is 85.8. The molecule has 0 amide bonds. The first kappa shape index (κ1) is 71.1. The van der Waals surface area contributed by atoms with Crippen LogP contribution in [0.25, 0.3) is 0 Å². The van der Waals surface area contributed by atoms with Crippen LogP contribution in [0.2, 0.25) is 0 Å². The Bertz CT molecular complexity index is 1520. The molecule has 0 rings (SSSR count). The molecule has 0 aromatic rings. The maximum absolute atomic E-state index is 12.8. The van der Waals surface area contributed by atoms with Crippen LogP contribution in [0.1, 0.15) is 290 Å². The second kappa shape index (κ2) is 62.6. The van der Waals surface area contributed by atoms with Crippen LogP contribution < -0.4 is 0 Å². The first-order valence-electron chi connectivity index (χ1n) is 31.4. The number of carbonyl (C=O) groups excluding carboxylic acids is 3. The molecule has 0 heterocycles. The Labute approximate surface area is 463 Å². The standard InChI is InChI=1S/C69H116O6/c1-4-7-10-13-15-17-19-21-23-25-27-29-30-31-32-33-34-35-36-37-38-40-41-43-45-47-49-51-53-56-59-62-68(71)74-65-66(64-73-67(70)61-58-55-12-9-6-3)75-69(72)63-60-57-54-52-50-48-46-44-42-39-28-26-24-22-20-18-16-14-11-8-5-2/h8,11,16,18-19,21-22,24-25,27-28,30-31,39,44,46,50,52,66H,4-7,9-10,12-15,17,20,23,26,29,32-38,40-43,45,47-49,51,53-65H2,1-3H3/b11-8-,18-16-,21-19-,24-22-,27-25-,31-30-,39-28-,46-44-,52-50-. The SMILES string of the molecule is CC/C=C\C/C=C\C/C=C\C/C=C\C/C=C\C/C=C\CCCCC(=O)OC(COC(=O)CCCCCCC)COC(=O)CCCCCCCCCCCCCCCCCC/C=C\C/C=C\C/C=C\CCCCCCC. The topological polar surface area (TPSA) is 78.9 Å². The minimum atomic E-state index is -0.799. The molecule has 0 saturated carbocycles. The average Bonchev–Trinajstić information content (AvgIpc) is 3.41. The van der Waals surface area contributed by atoms with E-state index in [4.69, 9.17) is 14.2 Å². The number of allylic oxidation sites excluding steroid dienone is 18. The maximum Gasteiger partial charge on any atom is 0.306 e. The van der Waals surface area contributed by atoms with E-state index >= 15 is 0 Å². The lowest BCUT2D eigenvalue weighted by molar-refractivity contribution is -0.167. The van der Waals surface area contributed by atoms with Crippen LogP contribution >= 0.6 is 0 Å². The van der Waals surface area contributed by atoms with Crippen molar-refractivity contribution < 1.29 is 28.6 Å². The lowest BCUT2D eigenvalue weighted by Crippen LogP contribution is -2.30. The van der Waals surface area contributed by atoms with Crippen molar-refractivity contribution in [1.82, 2.24) is 0 Å². The van der Waals surface area contributed by atoms with Crippen LogP contribution in [0.5, 0.6) is 0 Å². The van der Waals surface area contributed by atoms with Gasteiger partial charge in [0, 0.05) is 19.3 Å². The number of ether oxygens (including phenoxy) is 3. The molecule has 6 nitrogen and oxygen atoms in total. The van der Waals surface area contributed by atoms with E-state index in [1.54, 1.807) is 0 Å². The Morgan fingerprint density at radius 3 is 0.840 bits per heavy atom. The molecule has 0 aliphatic heterocycles. The predicted octanol–water partition coefficient (Wildman–Crippen LogP) is 21.4. The molecule has 1 unspecified atom stereocenters. The van der Waals surface area contributed by atoms with Gasteiger partial charge in [0.05, 0.1) is 0 Å². The van der Waals surface area contributed by atoms with Gasteiger partial charge in [0.1, 0.15) is 13.2 Å². The molecule has 0 fully saturated rings. The van der Waals surface area contributed by atoms with Crippen LogP contribution in [0.4, 0.5) is 0 Å². The Kier molecular flexibility index (Phi) is 59.3. The van der Waals surface area contributed by atoms with Gasteiger partial charge in [0.2, 0.25) is 0 Å². The van der Waals surface area contributed by atoms with Gasteiger partial charge >= 0.3 is 17.9 Å². The van der Waals surface area contributed by atoms with Gasteiger partial charge in [-0.3, -0.25) is 14.4 Å². The Balaban J connectivity index is 4.07. The summed E-state index contributed by atoms with van der Waals surface area (Å²) in [5, 5.41) is 0. The van der Waals surface area contributed by atoms with E-state index in [1.807, 2.05) is 0 Å². The highest BCUT2D eigenvalue weighted by Gasteiger charge is 2.19. The maximum atomic E-state index is 12.8. The van der Waals surface area contributed by atoms with Crippen molar-refractivity contribution in [2.45, 2.75) is 297 Å². The Hall–Kier alpha value is -3.93. The number of rotatable bonds is 56. The second-order valence-corrected chi connectivity index (χ2v) is 20.6. The normalized spacial score (nSPS) is 12.8. The monoisotopic (exact) mass is 1040 g/mol. The van der Waals surface area contributed by atoms with Crippen molar-refractivity contribution >= 4 is 17.9 Å². The van der Waals surface area contributed by atoms with Crippen molar-refractivity contribution in [1.29, 1.82) is 0 Å². The van der Waals surface area contributed by atoms with Gasteiger partial charge < -0.3 is 14.2 Å². The lowest BCUT2D eigenvalue weighted by atomic mass is 10.0. The van der Waals surface area contributed by atoms with E-state index in [0.717, 1.165) is 116 Å². The van der Waals surface area contributed by atoms with E-state index < -0.39 is 6.10 Å². The van der Waals surface area contributed by atoms with Crippen LogP contribution in [0.3, 0.4) is 0 Å². The van der Waals surface area contributed by atoms with Crippen LogP contribution in [0, 0.1) is 0 Å². The van der Waals surface area contributed by atoms with Crippen LogP contribution in [0.15, 0.2) is 109 Å². The molecule has 428 valence electrons. The summed E-state index contributed by atoms with van der Waals surface area (Å²) in [6, 6.07) is 0. The first-order chi connectivity index (χ1) is 37.0. The fraction of sp³-hybridized carbons (Fsp3) is 0.696. The summed E-state index contributed by atoms with van der Waals surface area (Å²) in [5.74, 6) is -0.951. The number of hydrogen-bond acceptors (Lipinski definition) is 6. The number of carbonyl (C=O) groups is 3. The minimum absolute atomic E-state index is 0.0955. The third kappa shape index (κ3) is 60.8. The van der Waals surface area contributed by atoms with Gasteiger partial charge in [-0.1, -0.05) is 271 Å². The van der Waals surface area contributed by atoms with Crippen molar-refractivity contribution in [3.63, 3.8) is 0 Å². The fourth-order valence-electron chi connectivity index (χ4n) is 8.57. The molecule has 0 N–H and O–H groups in total. The third-order valence-electron chi connectivity index (χ3n) is 13.3. The summed E-state index contributed by atoms with van der Waals surface area (Å²) in [4.78, 5) is 37.9. The molecule has 0 aliphatic carbocycles. The van der Waals surface area contributed by atoms with Crippen molar-refractivity contribution in [2.75, 3.05) is 13.2 Å². The highest BCUT2D eigenvalue weighted by Crippen LogP contribution is 2.16. The van der Waals surface area contributed by atoms with Gasteiger partial charge in [-0.25, -0.2) is 0 Å². The molecule has 75 heavy (non-hydrogen) atoms. The Morgan fingerprint density at radius 1 is 0.280 bits per heavy atom. The van der Waals surface area contributed by atoms with E-state index in [0.29, 0.717) is 19.3 Å². The van der Waals surface area contributed by atoms with Crippen molar-refractivity contribution in [2.24, 2.45) is 0 Å². The summed E-state index contributed by atoms with van der Waals surface area (Å²) in [5.41, 5.74) is 0. The number of hydrogen-bond donors (Lipinski definition) is 0. The van der Waals surface area contributed by atoms with Gasteiger partial charge in [-0.15, -0.1) is 0 Å². The summed E-state index contributed by atoms with van der Waals surface area (Å²) in [7, 11) is 0. The zero-order valence-corrected chi connectivity index (χ0v) is 49.0. The summed E-state index contributed by atoms with van der Waals surface area (Å²) < 4.78 is 16.7. The molecule has 0 saturated heterocycles. The summed E-state index contributed by atoms with van der Waals surface area (Å²) >= 11 is 0. The van der Waals surface area contributed by atoms with Crippen LogP contribution in [-0.4, -0.2) is 37.2 Å². The second-order valence-electron chi connectivity index (χ2n) is 20.6. The van der Waals surface area contributed by atoms with E-state index in [-0.39, 0.29) is 37.5 Å². The fourth-order valence-corrected chi connectivity index (χ4v) is 8.57. The molecular formula is C69H116O6. The zero-order valence-electron chi connectivity index (χ0n) is 49.0. The quantitative estimate of drug-likeness (QED) is 0.0261. The molecule has 0 aromatic heterocycles. The lowest BCUT2D eigenvalue weighted by Gasteiger charge is -2.18. The smallest absolute Gasteiger partial charge is 0.306 e. The van der Waals surface area contributed by atoms with Gasteiger partial charge in [0.25, 0.3) is 0 Å². The highest BCUT2D eigenvalue weighted by molar-refractivity contribution is 5.71. The molecular weight excluding hydrogens is 925 g/mol. The summed E-state index contributed by atoms with van der Waals surface area (Å²) in [6.45, 7) is 6.40. The van der Waals surface area contributed by atoms with E-state index in [1.165, 1.54) is 128 Å². The number of unbranched alkanes of at least 4 members (excludes halogenated alkanes) is 27. The Morgan fingerprint density at radius 2 is 0.520 bits per heavy atom. The molecule has 0 aromatic carbocycles. The van der Waals surface area contributed by atoms with Gasteiger partial charge in [0.15, 0.2) is 6.10 Å². The van der Waals surface area contributed by atoms with Crippen molar-refractivity contribution in [3.8, 4) is 0 Å². The molecule has 0 radical (unpaired) electrons. The molecule has 0 spiro atoms. The molecule has 0 aliphatic rings. The zero-order chi connectivity index (χ0) is 54.3. The van der Waals surface area contributed by atoms with E-state index in [9.17, 15) is 14.4 Å². The third-order valence-corrected chi connectivity index (χ3v) is 13.3. The molecule has 1 atom stereocenters. The van der Waals surface area contributed by atoms with Crippen molar-refractivity contribution in [3.05, 3.63) is 109 Å².